The standard InChI is InChI=1S/C14H12ClN3O/c1-10-8-13(15)18-14(17-10)9-19-12-4-2-11(3-5-12)6-7-16/h2-5,8H,6,9H2,1H3. The maximum atomic E-state index is 8.58. The van der Waals surface area contributed by atoms with E-state index in [1.54, 1.807) is 6.07 Å². The Morgan fingerprint density at radius 2 is 2.00 bits per heavy atom. The number of ether oxygens (including phenoxy) is 1. The molecule has 2 rings (SSSR count). The highest BCUT2D eigenvalue weighted by Crippen LogP contribution is 2.14. The van der Waals surface area contributed by atoms with Gasteiger partial charge < -0.3 is 4.74 Å². The van der Waals surface area contributed by atoms with Gasteiger partial charge in [-0.2, -0.15) is 5.26 Å². The fraction of sp³-hybridized carbons (Fsp3) is 0.214. The number of halogens is 1. The number of aromatic nitrogens is 2. The van der Waals surface area contributed by atoms with E-state index in [-0.39, 0.29) is 6.61 Å². The number of hydrogen-bond donors (Lipinski definition) is 0. The predicted molar refractivity (Wildman–Crippen MR) is 71.9 cm³/mol. The maximum Gasteiger partial charge on any atom is 0.167 e. The molecule has 0 N–H and O–H groups in total. The molecule has 5 heteroatoms. The Labute approximate surface area is 116 Å². The second-order valence-corrected chi connectivity index (χ2v) is 4.40. The lowest BCUT2D eigenvalue weighted by Crippen LogP contribution is -2.02. The number of nitriles is 1. The maximum absolute atomic E-state index is 8.58. The second-order valence-electron chi connectivity index (χ2n) is 4.02. The summed E-state index contributed by atoms with van der Waals surface area (Å²) in [5, 5.41) is 9.00. The summed E-state index contributed by atoms with van der Waals surface area (Å²) >= 11 is 5.85. The molecule has 0 amide bonds. The average Bonchev–Trinajstić information content (AvgIpc) is 2.37. The molecule has 0 radical (unpaired) electrons. The molecule has 0 saturated heterocycles. The fourth-order valence-corrected chi connectivity index (χ4v) is 1.85. The van der Waals surface area contributed by atoms with Gasteiger partial charge in [0.1, 0.15) is 17.5 Å². The first-order valence-electron chi connectivity index (χ1n) is 5.76. The summed E-state index contributed by atoms with van der Waals surface area (Å²) in [7, 11) is 0. The quantitative estimate of drug-likeness (QED) is 0.803. The lowest BCUT2D eigenvalue weighted by molar-refractivity contribution is 0.295. The molecule has 0 spiro atoms. The van der Waals surface area contributed by atoms with Crippen molar-refractivity contribution in [1.82, 2.24) is 9.97 Å². The molecular formula is C14H12ClN3O. The molecule has 0 bridgehead atoms. The van der Waals surface area contributed by atoms with E-state index in [1.807, 2.05) is 31.2 Å². The van der Waals surface area contributed by atoms with E-state index >= 15 is 0 Å². The number of benzene rings is 1. The van der Waals surface area contributed by atoms with Crippen molar-refractivity contribution in [2.75, 3.05) is 0 Å². The Morgan fingerprint density at radius 3 is 2.63 bits per heavy atom. The van der Waals surface area contributed by atoms with E-state index < -0.39 is 0 Å². The Hall–Kier alpha value is -2.12. The van der Waals surface area contributed by atoms with Crippen LogP contribution in [0.2, 0.25) is 5.15 Å². The minimum Gasteiger partial charge on any atom is -0.486 e. The largest absolute Gasteiger partial charge is 0.486 e. The molecule has 1 aromatic heterocycles. The smallest absolute Gasteiger partial charge is 0.167 e. The second kappa shape index (κ2) is 6.17. The highest BCUT2D eigenvalue weighted by atomic mass is 35.5. The van der Waals surface area contributed by atoms with Gasteiger partial charge >= 0.3 is 0 Å². The van der Waals surface area contributed by atoms with Crippen LogP contribution in [0.5, 0.6) is 5.75 Å². The van der Waals surface area contributed by atoms with Gasteiger partial charge in [0, 0.05) is 5.69 Å². The highest BCUT2D eigenvalue weighted by Gasteiger charge is 2.02. The zero-order valence-corrected chi connectivity index (χ0v) is 11.2. The van der Waals surface area contributed by atoms with E-state index in [9.17, 15) is 0 Å². The fourth-order valence-electron chi connectivity index (χ4n) is 1.60. The molecule has 4 nitrogen and oxygen atoms in total. The first kappa shape index (κ1) is 13.3. The van der Waals surface area contributed by atoms with E-state index in [4.69, 9.17) is 21.6 Å². The topological polar surface area (TPSA) is 58.8 Å². The van der Waals surface area contributed by atoms with E-state index in [1.165, 1.54) is 0 Å². The zero-order chi connectivity index (χ0) is 13.7. The SMILES string of the molecule is Cc1cc(Cl)nc(COc2ccc(CC#N)cc2)n1. The van der Waals surface area contributed by atoms with Gasteiger partial charge in [0.2, 0.25) is 0 Å². The lowest BCUT2D eigenvalue weighted by Gasteiger charge is -2.06. The summed E-state index contributed by atoms with van der Waals surface area (Å²) in [6.45, 7) is 2.12. The van der Waals surface area contributed by atoms with Crippen LogP contribution in [-0.2, 0) is 13.0 Å². The number of hydrogen-bond acceptors (Lipinski definition) is 4. The third-order valence-corrected chi connectivity index (χ3v) is 2.64. The van der Waals surface area contributed by atoms with Gasteiger partial charge in [-0.25, -0.2) is 9.97 Å². The van der Waals surface area contributed by atoms with Gasteiger partial charge in [-0.3, -0.25) is 0 Å². The summed E-state index contributed by atoms with van der Waals surface area (Å²) in [4.78, 5) is 8.31. The van der Waals surface area contributed by atoms with Crippen molar-refractivity contribution in [3.8, 4) is 11.8 Å². The molecule has 0 aliphatic rings. The molecule has 0 saturated carbocycles. The van der Waals surface area contributed by atoms with Crippen LogP contribution in [0, 0.1) is 18.3 Å². The van der Waals surface area contributed by atoms with Gasteiger partial charge in [-0.05, 0) is 30.7 Å². The Balaban J connectivity index is 2.00. The highest BCUT2D eigenvalue weighted by molar-refractivity contribution is 6.29. The molecule has 0 aliphatic carbocycles. The van der Waals surface area contributed by atoms with Gasteiger partial charge in [0.15, 0.2) is 5.82 Å². The summed E-state index contributed by atoms with van der Waals surface area (Å²) in [5.41, 5.74) is 1.77. The Kier molecular flexibility index (Phi) is 4.32. The van der Waals surface area contributed by atoms with Crippen molar-refractivity contribution < 1.29 is 4.74 Å². The first-order valence-corrected chi connectivity index (χ1v) is 6.14. The van der Waals surface area contributed by atoms with Crippen LogP contribution in [0.3, 0.4) is 0 Å². The summed E-state index contributed by atoms with van der Waals surface area (Å²) < 4.78 is 5.57. The normalized spacial score (nSPS) is 9.95. The van der Waals surface area contributed by atoms with Crippen molar-refractivity contribution in [1.29, 1.82) is 5.26 Å². The molecule has 0 atom stereocenters. The van der Waals surface area contributed by atoms with Crippen LogP contribution in [-0.4, -0.2) is 9.97 Å². The lowest BCUT2D eigenvalue weighted by atomic mass is 10.2. The average molecular weight is 274 g/mol. The van der Waals surface area contributed by atoms with E-state index in [0.717, 1.165) is 11.3 Å². The molecule has 0 unspecified atom stereocenters. The third-order valence-electron chi connectivity index (χ3n) is 2.44. The molecule has 1 heterocycles. The summed E-state index contributed by atoms with van der Waals surface area (Å²) in [6.07, 6.45) is 0.400. The van der Waals surface area contributed by atoms with Crippen LogP contribution < -0.4 is 4.74 Å². The van der Waals surface area contributed by atoms with Crippen molar-refractivity contribution in [2.45, 2.75) is 20.0 Å². The predicted octanol–water partition coefficient (Wildman–Crippen LogP) is 3.08. The Bertz CT molecular complexity index is 585. The van der Waals surface area contributed by atoms with Crippen LogP contribution in [0.1, 0.15) is 17.1 Å². The molecule has 2 aromatic rings. The van der Waals surface area contributed by atoms with Crippen molar-refractivity contribution in [2.24, 2.45) is 0 Å². The van der Waals surface area contributed by atoms with Crippen molar-refractivity contribution in [3.63, 3.8) is 0 Å². The zero-order valence-electron chi connectivity index (χ0n) is 10.4. The molecule has 1 aromatic carbocycles. The van der Waals surface area contributed by atoms with E-state index in [2.05, 4.69) is 16.0 Å². The van der Waals surface area contributed by atoms with Crippen molar-refractivity contribution >= 4 is 11.6 Å². The van der Waals surface area contributed by atoms with Crippen LogP contribution in [0.15, 0.2) is 30.3 Å². The van der Waals surface area contributed by atoms with Gasteiger partial charge in [0.25, 0.3) is 0 Å². The molecule has 96 valence electrons. The van der Waals surface area contributed by atoms with Gasteiger partial charge in [0.05, 0.1) is 12.5 Å². The van der Waals surface area contributed by atoms with Crippen LogP contribution >= 0.6 is 11.6 Å². The van der Waals surface area contributed by atoms with Crippen molar-refractivity contribution in [3.05, 3.63) is 52.6 Å². The monoisotopic (exact) mass is 273 g/mol. The van der Waals surface area contributed by atoms with Gasteiger partial charge in [-0.1, -0.05) is 23.7 Å². The molecule has 0 aliphatic heterocycles. The Morgan fingerprint density at radius 1 is 1.26 bits per heavy atom. The molecule has 0 fully saturated rings. The number of rotatable bonds is 4. The first-order chi connectivity index (χ1) is 9.17. The minimum absolute atomic E-state index is 0.263. The summed E-state index contributed by atoms with van der Waals surface area (Å²) in [5.74, 6) is 1.26. The van der Waals surface area contributed by atoms with Crippen LogP contribution in [0.4, 0.5) is 0 Å². The summed E-state index contributed by atoms with van der Waals surface area (Å²) in [6, 6.07) is 11.2. The minimum atomic E-state index is 0.263. The number of nitrogens with zero attached hydrogens (tertiary/aromatic N) is 3. The molecule has 19 heavy (non-hydrogen) atoms. The number of aryl methyl sites for hydroxylation is 1. The molecular weight excluding hydrogens is 262 g/mol. The van der Waals surface area contributed by atoms with E-state index in [0.29, 0.717) is 23.1 Å². The van der Waals surface area contributed by atoms with Crippen LogP contribution in [0.25, 0.3) is 0 Å². The third kappa shape index (κ3) is 3.94. The van der Waals surface area contributed by atoms with Gasteiger partial charge in [-0.15, -0.1) is 0 Å².